The van der Waals surface area contributed by atoms with E-state index in [0.717, 1.165) is 44.3 Å². The summed E-state index contributed by atoms with van der Waals surface area (Å²) in [7, 11) is 1.82. The fourth-order valence-electron chi connectivity index (χ4n) is 2.78. The van der Waals surface area contributed by atoms with E-state index in [9.17, 15) is 0 Å². The molecule has 2 N–H and O–H groups in total. The van der Waals surface area contributed by atoms with Gasteiger partial charge in [-0.3, -0.25) is 9.89 Å². The monoisotopic (exact) mass is 324 g/mol. The molecule has 1 unspecified atom stereocenters. The Labute approximate surface area is 137 Å². The van der Waals surface area contributed by atoms with E-state index in [0.29, 0.717) is 0 Å². The second kappa shape index (κ2) is 9.79. The van der Waals surface area contributed by atoms with E-state index in [1.165, 1.54) is 18.6 Å². The standard InChI is InChI=1S/C16H28N4OS/c1-17-16(18-8-6-12-22-2)19-13-14(15-7-5-11-21-15)20-9-3-4-10-20/h5,7,11,14H,3-4,6,8-10,12-13H2,1-2H3,(H2,17,18,19). The minimum absolute atomic E-state index is 0.280. The molecule has 1 aliphatic rings. The van der Waals surface area contributed by atoms with Crippen molar-refractivity contribution < 1.29 is 4.42 Å². The molecule has 5 nitrogen and oxygen atoms in total. The predicted molar refractivity (Wildman–Crippen MR) is 94.6 cm³/mol. The molecule has 1 aromatic rings. The van der Waals surface area contributed by atoms with Crippen molar-refractivity contribution in [1.29, 1.82) is 0 Å². The van der Waals surface area contributed by atoms with Crippen molar-refractivity contribution in [2.75, 3.05) is 45.2 Å². The van der Waals surface area contributed by atoms with Crippen LogP contribution in [0, 0.1) is 0 Å². The lowest BCUT2D eigenvalue weighted by atomic mass is 10.2. The second-order valence-electron chi connectivity index (χ2n) is 5.50. The summed E-state index contributed by atoms with van der Waals surface area (Å²) in [5, 5.41) is 6.81. The van der Waals surface area contributed by atoms with Crippen LogP contribution in [-0.4, -0.2) is 56.1 Å². The van der Waals surface area contributed by atoms with Crippen LogP contribution < -0.4 is 10.6 Å². The van der Waals surface area contributed by atoms with Gasteiger partial charge in [0.25, 0.3) is 0 Å². The van der Waals surface area contributed by atoms with E-state index < -0.39 is 0 Å². The van der Waals surface area contributed by atoms with E-state index in [1.807, 2.05) is 24.9 Å². The molecule has 0 spiro atoms. The number of hydrogen-bond acceptors (Lipinski definition) is 4. The molecule has 0 aromatic carbocycles. The molecule has 0 radical (unpaired) electrons. The van der Waals surface area contributed by atoms with Gasteiger partial charge >= 0.3 is 0 Å². The topological polar surface area (TPSA) is 52.8 Å². The maximum Gasteiger partial charge on any atom is 0.191 e. The molecule has 0 bridgehead atoms. The Kier molecular flexibility index (Phi) is 7.66. The van der Waals surface area contributed by atoms with Crippen LogP contribution in [0.5, 0.6) is 0 Å². The van der Waals surface area contributed by atoms with E-state index in [-0.39, 0.29) is 6.04 Å². The third-order valence-corrected chi connectivity index (χ3v) is 4.65. The number of likely N-dealkylation sites (tertiary alicyclic amines) is 1. The molecule has 0 amide bonds. The van der Waals surface area contributed by atoms with Crippen LogP contribution in [0.4, 0.5) is 0 Å². The van der Waals surface area contributed by atoms with E-state index in [1.54, 1.807) is 6.26 Å². The van der Waals surface area contributed by atoms with Gasteiger partial charge in [0.2, 0.25) is 0 Å². The largest absolute Gasteiger partial charge is 0.468 e. The van der Waals surface area contributed by atoms with E-state index in [4.69, 9.17) is 4.42 Å². The Hall–Kier alpha value is -1.14. The van der Waals surface area contributed by atoms with Gasteiger partial charge in [-0.15, -0.1) is 0 Å². The van der Waals surface area contributed by atoms with Crippen molar-refractivity contribution in [2.45, 2.75) is 25.3 Å². The zero-order valence-electron chi connectivity index (χ0n) is 13.7. The van der Waals surface area contributed by atoms with Crippen molar-refractivity contribution in [3.63, 3.8) is 0 Å². The summed E-state index contributed by atoms with van der Waals surface area (Å²) in [6.07, 6.45) is 7.60. The number of thioether (sulfide) groups is 1. The maximum absolute atomic E-state index is 5.64. The summed E-state index contributed by atoms with van der Waals surface area (Å²) in [6.45, 7) is 4.06. The normalized spacial score (nSPS) is 17.6. The Balaban J connectivity index is 1.84. The van der Waals surface area contributed by atoms with Gasteiger partial charge in [0.15, 0.2) is 5.96 Å². The second-order valence-corrected chi connectivity index (χ2v) is 6.49. The molecular formula is C16H28N4OS. The molecule has 2 rings (SSSR count). The minimum atomic E-state index is 0.280. The van der Waals surface area contributed by atoms with Gasteiger partial charge in [0.05, 0.1) is 12.3 Å². The molecule has 22 heavy (non-hydrogen) atoms. The summed E-state index contributed by atoms with van der Waals surface area (Å²) in [4.78, 5) is 6.80. The summed E-state index contributed by atoms with van der Waals surface area (Å²) >= 11 is 1.87. The first kappa shape index (κ1) is 17.2. The average molecular weight is 324 g/mol. The van der Waals surface area contributed by atoms with Gasteiger partial charge in [-0.1, -0.05) is 0 Å². The summed E-state index contributed by atoms with van der Waals surface area (Å²) in [6, 6.07) is 4.31. The quantitative estimate of drug-likeness (QED) is 0.437. The third-order valence-electron chi connectivity index (χ3n) is 3.96. The lowest BCUT2D eigenvalue weighted by Crippen LogP contribution is -2.42. The lowest BCUT2D eigenvalue weighted by Gasteiger charge is -2.26. The predicted octanol–water partition coefficient (Wildman–Crippen LogP) is 2.33. The minimum Gasteiger partial charge on any atom is -0.468 e. The van der Waals surface area contributed by atoms with Crippen molar-refractivity contribution in [3.8, 4) is 0 Å². The SMILES string of the molecule is CN=C(NCCCSC)NCC(c1ccco1)N1CCCC1. The van der Waals surface area contributed by atoms with Gasteiger partial charge in [0.1, 0.15) is 5.76 Å². The van der Waals surface area contributed by atoms with Crippen molar-refractivity contribution in [1.82, 2.24) is 15.5 Å². The first-order valence-corrected chi connectivity index (χ1v) is 9.45. The highest BCUT2D eigenvalue weighted by atomic mass is 32.2. The third kappa shape index (κ3) is 5.25. The highest BCUT2D eigenvalue weighted by Crippen LogP contribution is 2.24. The van der Waals surface area contributed by atoms with E-state index >= 15 is 0 Å². The molecular weight excluding hydrogens is 296 g/mol. The maximum atomic E-state index is 5.64. The molecule has 1 fully saturated rings. The van der Waals surface area contributed by atoms with Crippen LogP contribution >= 0.6 is 11.8 Å². The number of aliphatic imine (C=N–C) groups is 1. The molecule has 0 saturated carbocycles. The lowest BCUT2D eigenvalue weighted by molar-refractivity contribution is 0.215. The number of nitrogens with zero attached hydrogens (tertiary/aromatic N) is 2. The van der Waals surface area contributed by atoms with Gasteiger partial charge < -0.3 is 15.1 Å². The van der Waals surface area contributed by atoms with E-state index in [2.05, 4.69) is 32.8 Å². The van der Waals surface area contributed by atoms with Gasteiger partial charge in [0, 0.05) is 20.1 Å². The molecule has 1 saturated heterocycles. The molecule has 1 atom stereocenters. The van der Waals surface area contributed by atoms with Gasteiger partial charge in [-0.2, -0.15) is 11.8 Å². The molecule has 1 aliphatic heterocycles. The highest BCUT2D eigenvalue weighted by Gasteiger charge is 2.25. The number of nitrogens with one attached hydrogen (secondary N) is 2. The Morgan fingerprint density at radius 2 is 2.23 bits per heavy atom. The summed E-state index contributed by atoms with van der Waals surface area (Å²) < 4.78 is 5.64. The molecule has 6 heteroatoms. The molecule has 2 heterocycles. The van der Waals surface area contributed by atoms with Crippen molar-refractivity contribution in [2.24, 2.45) is 4.99 Å². The summed E-state index contributed by atoms with van der Waals surface area (Å²) in [5.41, 5.74) is 0. The number of rotatable bonds is 8. The summed E-state index contributed by atoms with van der Waals surface area (Å²) in [5.74, 6) is 3.08. The number of guanidine groups is 1. The molecule has 124 valence electrons. The van der Waals surface area contributed by atoms with Gasteiger partial charge in [-0.25, -0.2) is 0 Å². The zero-order valence-corrected chi connectivity index (χ0v) is 14.5. The fraction of sp³-hybridized carbons (Fsp3) is 0.688. The van der Waals surface area contributed by atoms with Crippen molar-refractivity contribution >= 4 is 17.7 Å². The smallest absolute Gasteiger partial charge is 0.191 e. The van der Waals surface area contributed by atoms with Crippen LogP contribution in [0.1, 0.15) is 31.1 Å². The van der Waals surface area contributed by atoms with Crippen LogP contribution in [0.2, 0.25) is 0 Å². The number of hydrogen-bond donors (Lipinski definition) is 2. The van der Waals surface area contributed by atoms with Crippen molar-refractivity contribution in [3.05, 3.63) is 24.2 Å². The molecule has 0 aliphatic carbocycles. The van der Waals surface area contributed by atoms with Crippen LogP contribution in [0.25, 0.3) is 0 Å². The van der Waals surface area contributed by atoms with Crippen LogP contribution in [0.3, 0.4) is 0 Å². The average Bonchev–Trinajstić information content (AvgIpc) is 3.23. The van der Waals surface area contributed by atoms with Crippen LogP contribution in [0.15, 0.2) is 27.8 Å². The highest BCUT2D eigenvalue weighted by molar-refractivity contribution is 7.98. The van der Waals surface area contributed by atoms with Gasteiger partial charge in [-0.05, 0) is 56.5 Å². The first-order valence-electron chi connectivity index (χ1n) is 8.06. The zero-order chi connectivity index (χ0) is 15.6. The Morgan fingerprint density at radius 1 is 1.41 bits per heavy atom. The van der Waals surface area contributed by atoms with Crippen LogP contribution in [-0.2, 0) is 0 Å². The fourth-order valence-corrected chi connectivity index (χ4v) is 3.21. The Morgan fingerprint density at radius 3 is 2.86 bits per heavy atom. The molecule has 1 aromatic heterocycles. The number of furan rings is 1. The Bertz CT molecular complexity index is 429. The first-order chi connectivity index (χ1) is 10.8.